The Morgan fingerprint density at radius 3 is 2.26 bits per heavy atom. The number of hydrogen-bond donors (Lipinski definition) is 1. The van der Waals surface area contributed by atoms with E-state index in [4.69, 9.17) is 0 Å². The Morgan fingerprint density at radius 1 is 1.13 bits per heavy atom. The molecule has 0 atom stereocenters. The molecule has 1 amide bonds. The number of nitro groups is 1. The van der Waals surface area contributed by atoms with E-state index in [0.717, 1.165) is 37.0 Å². The van der Waals surface area contributed by atoms with Gasteiger partial charge in [-0.25, -0.2) is 0 Å². The van der Waals surface area contributed by atoms with Crippen LogP contribution in [0.3, 0.4) is 0 Å². The first-order valence-electron chi connectivity index (χ1n) is 8.56. The summed E-state index contributed by atoms with van der Waals surface area (Å²) in [4.78, 5) is 23.2. The highest BCUT2D eigenvalue weighted by Gasteiger charge is 2.51. The van der Waals surface area contributed by atoms with E-state index in [2.05, 4.69) is 5.32 Å². The molecular weight excluding hydrogens is 292 g/mol. The van der Waals surface area contributed by atoms with Gasteiger partial charge in [0, 0.05) is 17.2 Å². The molecule has 1 aromatic carbocycles. The number of amides is 1. The fourth-order valence-corrected chi connectivity index (χ4v) is 5.62. The van der Waals surface area contributed by atoms with E-state index >= 15 is 0 Å². The van der Waals surface area contributed by atoms with Crippen LogP contribution in [0.4, 0.5) is 5.69 Å². The standard InChI is InChI=1S/C18H22N2O3/c21-17(8-15-3-1-2-4-16(15)20(22)23)19-18-9-12-5-13(10-18)7-14(6-12)11-18/h1-4,12-14H,5-11H2,(H,19,21). The molecular formula is C18H22N2O3. The van der Waals surface area contributed by atoms with E-state index in [0.29, 0.717) is 5.56 Å². The lowest BCUT2D eigenvalue weighted by molar-refractivity contribution is -0.385. The highest BCUT2D eigenvalue weighted by atomic mass is 16.6. The number of nitrogens with one attached hydrogen (secondary N) is 1. The minimum Gasteiger partial charge on any atom is -0.350 e. The second-order valence-corrected chi connectivity index (χ2v) is 7.81. The Morgan fingerprint density at radius 2 is 1.70 bits per heavy atom. The number of benzene rings is 1. The summed E-state index contributed by atoms with van der Waals surface area (Å²) in [5.41, 5.74) is 0.503. The third kappa shape index (κ3) is 2.73. The van der Waals surface area contributed by atoms with Crippen LogP contribution >= 0.6 is 0 Å². The maximum atomic E-state index is 12.5. The van der Waals surface area contributed by atoms with Gasteiger partial charge in [-0.1, -0.05) is 18.2 Å². The molecule has 4 saturated carbocycles. The number of nitro benzene ring substituents is 1. The molecule has 23 heavy (non-hydrogen) atoms. The zero-order valence-electron chi connectivity index (χ0n) is 13.2. The second-order valence-electron chi connectivity index (χ2n) is 7.81. The highest BCUT2D eigenvalue weighted by Crippen LogP contribution is 2.55. The van der Waals surface area contributed by atoms with Crippen molar-refractivity contribution in [1.29, 1.82) is 0 Å². The third-order valence-corrected chi connectivity index (χ3v) is 5.98. The van der Waals surface area contributed by atoms with Crippen LogP contribution in [0, 0.1) is 27.9 Å². The van der Waals surface area contributed by atoms with Crippen LogP contribution in [0.25, 0.3) is 0 Å². The molecule has 5 rings (SSSR count). The largest absolute Gasteiger partial charge is 0.350 e. The molecule has 5 heteroatoms. The molecule has 0 unspecified atom stereocenters. The minimum absolute atomic E-state index is 0.0323. The molecule has 122 valence electrons. The smallest absolute Gasteiger partial charge is 0.273 e. The van der Waals surface area contributed by atoms with Crippen LogP contribution in [0.15, 0.2) is 24.3 Å². The van der Waals surface area contributed by atoms with Crippen molar-refractivity contribution in [2.45, 2.75) is 50.5 Å². The Bertz CT molecular complexity index is 620. The predicted octanol–water partition coefficient (Wildman–Crippen LogP) is 3.22. The van der Waals surface area contributed by atoms with E-state index in [9.17, 15) is 14.9 Å². The third-order valence-electron chi connectivity index (χ3n) is 5.98. The molecule has 4 aliphatic rings. The summed E-state index contributed by atoms with van der Waals surface area (Å²) in [6, 6.07) is 6.53. The molecule has 0 aliphatic heterocycles. The fourth-order valence-electron chi connectivity index (χ4n) is 5.62. The lowest BCUT2D eigenvalue weighted by atomic mass is 9.53. The molecule has 4 bridgehead atoms. The van der Waals surface area contributed by atoms with Gasteiger partial charge < -0.3 is 5.32 Å². The molecule has 4 aliphatic carbocycles. The first kappa shape index (κ1) is 14.7. The molecule has 4 fully saturated rings. The van der Waals surface area contributed by atoms with Crippen molar-refractivity contribution >= 4 is 11.6 Å². The number of nitrogens with zero attached hydrogens (tertiary/aromatic N) is 1. The lowest BCUT2D eigenvalue weighted by Gasteiger charge is -2.56. The average molecular weight is 314 g/mol. The van der Waals surface area contributed by atoms with Crippen molar-refractivity contribution in [3.8, 4) is 0 Å². The van der Waals surface area contributed by atoms with E-state index in [-0.39, 0.29) is 23.6 Å². The second kappa shape index (κ2) is 5.32. The maximum absolute atomic E-state index is 12.5. The SMILES string of the molecule is O=C(Cc1ccccc1[N+](=O)[O-])NC12CC3CC(CC(C3)C1)C2. The normalized spacial score (nSPS) is 34.3. The van der Waals surface area contributed by atoms with Crippen molar-refractivity contribution in [1.82, 2.24) is 5.32 Å². The molecule has 1 aromatic rings. The quantitative estimate of drug-likeness (QED) is 0.685. The van der Waals surface area contributed by atoms with Crippen molar-refractivity contribution in [3.05, 3.63) is 39.9 Å². The van der Waals surface area contributed by atoms with Gasteiger partial charge >= 0.3 is 0 Å². The maximum Gasteiger partial charge on any atom is 0.273 e. The average Bonchev–Trinajstić information content (AvgIpc) is 2.45. The monoisotopic (exact) mass is 314 g/mol. The first-order valence-corrected chi connectivity index (χ1v) is 8.56. The summed E-state index contributed by atoms with van der Waals surface area (Å²) >= 11 is 0. The van der Waals surface area contributed by atoms with Crippen LogP contribution in [0.1, 0.15) is 44.1 Å². The Labute approximate surface area is 135 Å². The summed E-state index contributed by atoms with van der Waals surface area (Å²) in [5, 5.41) is 14.4. The van der Waals surface area contributed by atoms with E-state index in [1.807, 2.05) is 0 Å². The number of rotatable bonds is 4. The Balaban J connectivity index is 1.48. The van der Waals surface area contributed by atoms with Crippen LogP contribution in [0.2, 0.25) is 0 Å². The number of carbonyl (C=O) groups excluding carboxylic acids is 1. The molecule has 0 radical (unpaired) electrons. The van der Waals surface area contributed by atoms with Gasteiger partial charge in [-0.15, -0.1) is 0 Å². The van der Waals surface area contributed by atoms with Gasteiger partial charge in [0.1, 0.15) is 0 Å². The van der Waals surface area contributed by atoms with Crippen molar-refractivity contribution in [2.75, 3.05) is 0 Å². The van der Waals surface area contributed by atoms with Gasteiger partial charge in [0.05, 0.1) is 11.3 Å². The zero-order chi connectivity index (χ0) is 16.0. The Kier molecular flexibility index (Phi) is 3.39. The Hall–Kier alpha value is -1.91. The van der Waals surface area contributed by atoms with Gasteiger partial charge in [-0.05, 0) is 56.3 Å². The van der Waals surface area contributed by atoms with Crippen LogP contribution in [0.5, 0.6) is 0 Å². The summed E-state index contributed by atoms with van der Waals surface area (Å²) < 4.78 is 0. The van der Waals surface area contributed by atoms with Gasteiger partial charge in [0.2, 0.25) is 5.91 Å². The van der Waals surface area contributed by atoms with Crippen LogP contribution < -0.4 is 5.32 Å². The van der Waals surface area contributed by atoms with E-state index in [1.54, 1.807) is 18.2 Å². The number of carbonyl (C=O) groups is 1. The summed E-state index contributed by atoms with van der Waals surface area (Å²) in [5.74, 6) is 2.24. The topological polar surface area (TPSA) is 72.2 Å². The number of para-hydroxylation sites is 1. The predicted molar refractivity (Wildman–Crippen MR) is 85.8 cm³/mol. The highest BCUT2D eigenvalue weighted by molar-refractivity contribution is 5.80. The van der Waals surface area contributed by atoms with Crippen molar-refractivity contribution in [2.24, 2.45) is 17.8 Å². The van der Waals surface area contributed by atoms with E-state index in [1.165, 1.54) is 25.3 Å². The molecule has 0 aromatic heterocycles. The molecule has 5 nitrogen and oxygen atoms in total. The molecule has 1 N–H and O–H groups in total. The molecule has 0 spiro atoms. The van der Waals surface area contributed by atoms with Gasteiger partial charge in [-0.2, -0.15) is 0 Å². The summed E-state index contributed by atoms with van der Waals surface area (Å²) in [6.45, 7) is 0. The fraction of sp³-hybridized carbons (Fsp3) is 0.611. The van der Waals surface area contributed by atoms with Gasteiger partial charge in [0.15, 0.2) is 0 Å². The lowest BCUT2D eigenvalue weighted by Crippen LogP contribution is -2.60. The molecule has 0 heterocycles. The van der Waals surface area contributed by atoms with Crippen molar-refractivity contribution in [3.63, 3.8) is 0 Å². The summed E-state index contributed by atoms with van der Waals surface area (Å²) in [7, 11) is 0. The van der Waals surface area contributed by atoms with Crippen molar-refractivity contribution < 1.29 is 9.72 Å². The van der Waals surface area contributed by atoms with Gasteiger partial charge in [-0.3, -0.25) is 14.9 Å². The van der Waals surface area contributed by atoms with Crippen LogP contribution in [-0.4, -0.2) is 16.4 Å². The number of hydrogen-bond acceptors (Lipinski definition) is 3. The zero-order valence-corrected chi connectivity index (χ0v) is 13.2. The minimum atomic E-state index is -0.409. The van der Waals surface area contributed by atoms with Crippen LogP contribution in [-0.2, 0) is 11.2 Å². The molecule has 0 saturated heterocycles. The first-order chi connectivity index (χ1) is 11.0. The van der Waals surface area contributed by atoms with E-state index < -0.39 is 4.92 Å². The summed E-state index contributed by atoms with van der Waals surface area (Å²) in [6.07, 6.45) is 7.39. The van der Waals surface area contributed by atoms with Gasteiger partial charge in [0.25, 0.3) is 5.69 Å².